The van der Waals surface area contributed by atoms with Crippen LogP contribution in [0.4, 0.5) is 0 Å². The van der Waals surface area contributed by atoms with E-state index in [1.807, 2.05) is 56.3 Å². The van der Waals surface area contributed by atoms with Gasteiger partial charge in [-0.1, -0.05) is 73.7 Å². The Kier molecular flexibility index (Phi) is 6.10. The van der Waals surface area contributed by atoms with E-state index in [0.29, 0.717) is 11.1 Å². The highest BCUT2D eigenvalue weighted by Gasteiger charge is 2.44. The molecule has 0 aliphatic heterocycles. The summed E-state index contributed by atoms with van der Waals surface area (Å²) in [6, 6.07) is 20.8. The summed E-state index contributed by atoms with van der Waals surface area (Å²) in [5.74, 6) is -1.86. The Labute approximate surface area is 193 Å². The highest BCUT2D eigenvalue weighted by Crippen LogP contribution is 2.49. The van der Waals surface area contributed by atoms with Gasteiger partial charge in [-0.25, -0.2) is 4.79 Å². The molecule has 0 bridgehead atoms. The van der Waals surface area contributed by atoms with Crippen LogP contribution >= 0.6 is 0 Å². The predicted octanol–water partition coefficient (Wildman–Crippen LogP) is 5.86. The number of rotatable bonds is 6. The first-order chi connectivity index (χ1) is 15.9. The number of carbonyl (C=O) groups is 3. The van der Waals surface area contributed by atoms with Crippen molar-refractivity contribution in [2.45, 2.75) is 33.1 Å². The van der Waals surface area contributed by atoms with Crippen molar-refractivity contribution >= 4 is 23.1 Å². The summed E-state index contributed by atoms with van der Waals surface area (Å²) in [7, 11) is 1.28. The minimum absolute atomic E-state index is 0.111. The second kappa shape index (κ2) is 8.99. The van der Waals surface area contributed by atoms with Crippen molar-refractivity contribution in [3.63, 3.8) is 0 Å². The number of ketones is 2. The highest BCUT2D eigenvalue weighted by molar-refractivity contribution is 6.36. The molecule has 0 fully saturated rings. The molecule has 1 aliphatic carbocycles. The second-order valence-corrected chi connectivity index (χ2v) is 8.25. The number of hydrogen-bond donors (Lipinski definition) is 0. The van der Waals surface area contributed by atoms with Crippen molar-refractivity contribution in [3.05, 3.63) is 100 Å². The lowest BCUT2D eigenvalue weighted by molar-refractivity contribution is -0.137. The molecule has 4 heteroatoms. The second-order valence-electron chi connectivity index (χ2n) is 8.25. The maximum absolute atomic E-state index is 13.7. The van der Waals surface area contributed by atoms with Crippen molar-refractivity contribution in [3.8, 4) is 11.1 Å². The SMILES string of the molecule is CCC(=O)C1C(C(=O)OC)=C(C(=O)c2ccccc2)c2c(C)cc(-c3ccccc3)c(C)c21. The fourth-order valence-corrected chi connectivity index (χ4v) is 4.80. The Morgan fingerprint density at radius 3 is 2.09 bits per heavy atom. The molecule has 4 rings (SSSR count). The summed E-state index contributed by atoms with van der Waals surface area (Å²) in [5.41, 5.74) is 6.04. The molecule has 3 aromatic carbocycles. The van der Waals surface area contributed by atoms with Crippen LogP contribution in [0.15, 0.2) is 72.3 Å². The van der Waals surface area contributed by atoms with Gasteiger partial charge in [0.05, 0.1) is 18.6 Å². The molecule has 0 aromatic heterocycles. The summed E-state index contributed by atoms with van der Waals surface area (Å²) < 4.78 is 5.10. The lowest BCUT2D eigenvalue weighted by Crippen LogP contribution is -2.20. The van der Waals surface area contributed by atoms with Crippen LogP contribution in [0.1, 0.15) is 51.9 Å². The average Bonchev–Trinajstić information content (AvgIpc) is 3.23. The van der Waals surface area contributed by atoms with Gasteiger partial charge in [0.1, 0.15) is 5.78 Å². The average molecular weight is 439 g/mol. The van der Waals surface area contributed by atoms with Gasteiger partial charge in [0.2, 0.25) is 0 Å². The van der Waals surface area contributed by atoms with Crippen molar-refractivity contribution in [1.29, 1.82) is 0 Å². The Balaban J connectivity index is 2.07. The Hall–Kier alpha value is -3.79. The molecular weight excluding hydrogens is 412 g/mol. The molecule has 1 aliphatic rings. The number of aryl methyl sites for hydroxylation is 1. The molecule has 3 aromatic rings. The lowest BCUT2D eigenvalue weighted by atomic mass is 9.83. The van der Waals surface area contributed by atoms with E-state index >= 15 is 0 Å². The van der Waals surface area contributed by atoms with Crippen LogP contribution < -0.4 is 0 Å². The van der Waals surface area contributed by atoms with E-state index in [4.69, 9.17) is 4.74 Å². The van der Waals surface area contributed by atoms with Crippen molar-refractivity contribution in [1.82, 2.24) is 0 Å². The van der Waals surface area contributed by atoms with E-state index in [1.54, 1.807) is 31.2 Å². The van der Waals surface area contributed by atoms with Gasteiger partial charge in [-0.15, -0.1) is 0 Å². The maximum atomic E-state index is 13.7. The normalized spacial score (nSPS) is 14.7. The topological polar surface area (TPSA) is 60.4 Å². The molecule has 1 atom stereocenters. The Morgan fingerprint density at radius 1 is 0.909 bits per heavy atom. The predicted molar refractivity (Wildman–Crippen MR) is 129 cm³/mol. The number of carbonyl (C=O) groups excluding carboxylic acids is 3. The molecule has 166 valence electrons. The van der Waals surface area contributed by atoms with E-state index in [0.717, 1.165) is 27.8 Å². The lowest BCUT2D eigenvalue weighted by Gasteiger charge is -2.20. The van der Waals surface area contributed by atoms with E-state index < -0.39 is 11.9 Å². The van der Waals surface area contributed by atoms with Crippen LogP contribution in [0.3, 0.4) is 0 Å². The van der Waals surface area contributed by atoms with Crippen LogP contribution in [0.25, 0.3) is 16.7 Å². The fourth-order valence-electron chi connectivity index (χ4n) is 4.80. The van der Waals surface area contributed by atoms with Gasteiger partial charge in [0, 0.05) is 17.6 Å². The maximum Gasteiger partial charge on any atom is 0.335 e. The zero-order valence-electron chi connectivity index (χ0n) is 19.3. The first-order valence-corrected chi connectivity index (χ1v) is 11.1. The van der Waals surface area contributed by atoms with E-state index in [2.05, 4.69) is 0 Å². The first kappa shape index (κ1) is 22.4. The summed E-state index contributed by atoms with van der Waals surface area (Å²) in [6.45, 7) is 5.66. The molecule has 33 heavy (non-hydrogen) atoms. The third-order valence-corrected chi connectivity index (χ3v) is 6.35. The number of ether oxygens (including phenoxy) is 1. The van der Waals surface area contributed by atoms with Crippen molar-refractivity contribution < 1.29 is 19.1 Å². The van der Waals surface area contributed by atoms with Gasteiger partial charge in [0.15, 0.2) is 5.78 Å². The first-order valence-electron chi connectivity index (χ1n) is 11.1. The van der Waals surface area contributed by atoms with Gasteiger partial charge < -0.3 is 4.74 Å². The standard InChI is InChI=1S/C29H26O4/c1-5-22(30)25-24-18(3)21(19-12-8-6-9-13-19)16-17(2)23(24)26(27(25)29(32)33-4)28(31)20-14-10-7-11-15-20/h6-16,25H,5H2,1-4H3. The van der Waals surface area contributed by atoms with Gasteiger partial charge in [-0.3, -0.25) is 9.59 Å². The zero-order valence-corrected chi connectivity index (χ0v) is 19.3. The van der Waals surface area contributed by atoms with Gasteiger partial charge >= 0.3 is 5.97 Å². The van der Waals surface area contributed by atoms with Crippen LogP contribution in [0.5, 0.6) is 0 Å². The third-order valence-electron chi connectivity index (χ3n) is 6.35. The molecule has 0 saturated carbocycles. The van der Waals surface area contributed by atoms with Crippen molar-refractivity contribution in [2.24, 2.45) is 0 Å². The van der Waals surface area contributed by atoms with Crippen LogP contribution in [0.2, 0.25) is 0 Å². The molecular formula is C29H26O4. The number of allylic oxidation sites excluding steroid dienone is 1. The number of methoxy groups -OCH3 is 1. The number of benzene rings is 3. The van der Waals surface area contributed by atoms with E-state index in [1.165, 1.54) is 7.11 Å². The van der Waals surface area contributed by atoms with Gasteiger partial charge in [0.25, 0.3) is 0 Å². The molecule has 0 saturated heterocycles. The molecule has 4 nitrogen and oxygen atoms in total. The molecule has 1 unspecified atom stereocenters. The Bertz CT molecular complexity index is 1280. The van der Waals surface area contributed by atoms with Crippen LogP contribution in [0, 0.1) is 13.8 Å². The van der Waals surface area contributed by atoms with Crippen LogP contribution in [-0.4, -0.2) is 24.6 Å². The molecule has 0 spiro atoms. The quantitative estimate of drug-likeness (QED) is 0.357. The minimum atomic E-state index is -0.831. The molecule has 0 heterocycles. The monoisotopic (exact) mass is 438 g/mol. The summed E-state index contributed by atoms with van der Waals surface area (Å²) >= 11 is 0. The highest BCUT2D eigenvalue weighted by atomic mass is 16.5. The largest absolute Gasteiger partial charge is 0.466 e. The Morgan fingerprint density at radius 2 is 1.52 bits per heavy atom. The zero-order chi connectivity index (χ0) is 23.7. The molecule has 0 amide bonds. The summed E-state index contributed by atoms with van der Waals surface area (Å²) in [6.07, 6.45) is 0.242. The third kappa shape index (κ3) is 3.72. The smallest absolute Gasteiger partial charge is 0.335 e. The van der Waals surface area contributed by atoms with Crippen molar-refractivity contribution in [2.75, 3.05) is 7.11 Å². The van der Waals surface area contributed by atoms with E-state index in [-0.39, 0.29) is 29.1 Å². The minimum Gasteiger partial charge on any atom is -0.466 e. The number of hydrogen-bond acceptors (Lipinski definition) is 4. The molecule has 0 N–H and O–H groups in total. The molecule has 0 radical (unpaired) electrons. The number of fused-ring (bicyclic) bond motifs is 1. The van der Waals surface area contributed by atoms with Gasteiger partial charge in [-0.2, -0.15) is 0 Å². The number of esters is 1. The summed E-state index contributed by atoms with van der Waals surface area (Å²) in [5, 5.41) is 0. The van der Waals surface area contributed by atoms with Crippen LogP contribution in [-0.2, 0) is 14.3 Å². The number of Topliss-reactive ketones (excluding diaryl/α,β-unsaturated/α-hetero) is 2. The fraction of sp³-hybridized carbons (Fsp3) is 0.207. The summed E-state index contributed by atoms with van der Waals surface area (Å²) in [4.78, 5) is 40.1. The van der Waals surface area contributed by atoms with E-state index in [9.17, 15) is 14.4 Å². The van der Waals surface area contributed by atoms with Gasteiger partial charge in [-0.05, 0) is 47.2 Å².